The number of carbonyl (C=O) groups is 2. The average Bonchev–Trinajstić information content (AvgIpc) is 2.55. The van der Waals surface area contributed by atoms with E-state index in [2.05, 4.69) is 10.6 Å². The highest BCUT2D eigenvalue weighted by Crippen LogP contribution is 2.06. The highest BCUT2D eigenvalue weighted by atomic mass is 16.4. The van der Waals surface area contributed by atoms with Crippen LogP contribution in [0.1, 0.15) is 51.9 Å². The molecule has 0 fully saturated rings. The summed E-state index contributed by atoms with van der Waals surface area (Å²) in [4.78, 5) is 22.9. The zero-order valence-electron chi connectivity index (χ0n) is 15.4. The summed E-state index contributed by atoms with van der Waals surface area (Å²) in [6.07, 6.45) is 11.9. The maximum atomic E-state index is 11.7. The van der Waals surface area contributed by atoms with Crippen molar-refractivity contribution < 1.29 is 19.8 Å². The van der Waals surface area contributed by atoms with Crippen LogP contribution >= 0.6 is 0 Å². The number of carboxylic acids is 1. The van der Waals surface area contributed by atoms with Crippen molar-refractivity contribution in [3.63, 3.8) is 0 Å². The molecule has 0 rings (SSSR count). The Hall–Kier alpha value is -2.35. The van der Waals surface area contributed by atoms with Gasteiger partial charge in [-0.1, -0.05) is 31.1 Å². The van der Waals surface area contributed by atoms with Crippen LogP contribution in [-0.2, 0) is 9.59 Å². The van der Waals surface area contributed by atoms with Crippen molar-refractivity contribution in [2.75, 3.05) is 6.54 Å². The molecular formula is C18H32N4O4. The van der Waals surface area contributed by atoms with Gasteiger partial charge in [0.2, 0.25) is 5.91 Å². The lowest BCUT2D eigenvalue weighted by atomic mass is 10.1. The first-order valence-electron chi connectivity index (χ1n) is 8.95. The van der Waals surface area contributed by atoms with E-state index in [0.29, 0.717) is 13.0 Å². The second-order valence-corrected chi connectivity index (χ2v) is 6.16. The summed E-state index contributed by atoms with van der Waals surface area (Å²) < 4.78 is 0. The van der Waals surface area contributed by atoms with E-state index in [1.807, 2.05) is 6.08 Å². The van der Waals surface area contributed by atoms with Crippen LogP contribution in [-0.4, -0.2) is 46.7 Å². The van der Waals surface area contributed by atoms with Crippen molar-refractivity contribution >= 4 is 17.8 Å². The number of nitrogens with two attached hydrogens (primary N) is 1. The molecule has 0 bridgehead atoms. The van der Waals surface area contributed by atoms with Gasteiger partial charge in [0.1, 0.15) is 6.04 Å². The predicted molar refractivity (Wildman–Crippen MR) is 102 cm³/mol. The van der Waals surface area contributed by atoms with Crippen molar-refractivity contribution in [3.8, 4) is 0 Å². The first-order chi connectivity index (χ1) is 12.3. The standard InChI is InChI=1S/C18H32N4O4/c1-14(23)10-7-5-3-2-4-6-8-12-16(24)22-15(17(25)26)11-9-13-21-18(19)20/h4,6,8,12,14-15,23H,2-3,5,7,9-11,13H2,1H3,(H,22,24)(H,25,26)(H4,19,20,21)/b6-4+,12-8+. The Bertz CT molecular complexity index is 490. The lowest BCUT2D eigenvalue weighted by Crippen LogP contribution is -2.40. The number of carboxylic acid groups (broad SMARTS) is 1. The van der Waals surface area contributed by atoms with Gasteiger partial charge in [-0.25, -0.2) is 4.79 Å². The van der Waals surface area contributed by atoms with Crippen LogP contribution in [0.4, 0.5) is 0 Å². The number of allylic oxidation sites excluding steroid dienone is 3. The second kappa shape index (κ2) is 14.9. The zero-order chi connectivity index (χ0) is 19.8. The molecule has 8 heteroatoms. The van der Waals surface area contributed by atoms with Crippen molar-refractivity contribution in [2.24, 2.45) is 5.73 Å². The maximum absolute atomic E-state index is 11.7. The number of carbonyl (C=O) groups excluding carboxylic acids is 1. The minimum atomic E-state index is -1.10. The third-order valence-corrected chi connectivity index (χ3v) is 3.59. The van der Waals surface area contributed by atoms with E-state index in [1.165, 1.54) is 6.08 Å². The van der Waals surface area contributed by atoms with E-state index in [4.69, 9.17) is 21.4 Å². The maximum Gasteiger partial charge on any atom is 0.326 e. The lowest BCUT2D eigenvalue weighted by molar-refractivity contribution is -0.141. The monoisotopic (exact) mass is 368 g/mol. The minimum absolute atomic E-state index is 0.168. The van der Waals surface area contributed by atoms with Crippen molar-refractivity contribution in [2.45, 2.75) is 64.0 Å². The van der Waals surface area contributed by atoms with E-state index in [9.17, 15) is 9.59 Å². The molecule has 0 aromatic carbocycles. The fourth-order valence-corrected chi connectivity index (χ4v) is 2.20. The SMILES string of the molecule is CC(O)CCCCC/C=C/C=C/C(=O)NC(CCCNC(=N)N)C(=O)O. The van der Waals surface area contributed by atoms with Gasteiger partial charge in [0.15, 0.2) is 5.96 Å². The number of guanidine groups is 1. The number of amides is 1. The first kappa shape index (κ1) is 23.6. The quantitative estimate of drug-likeness (QED) is 0.0894. The number of hydrogen-bond acceptors (Lipinski definition) is 4. The number of aliphatic carboxylic acids is 1. The normalized spacial score (nSPS) is 13.6. The average molecular weight is 368 g/mol. The summed E-state index contributed by atoms with van der Waals surface area (Å²) in [6, 6.07) is -0.973. The van der Waals surface area contributed by atoms with Crippen molar-refractivity contribution in [3.05, 3.63) is 24.3 Å². The van der Waals surface area contributed by atoms with E-state index < -0.39 is 17.9 Å². The molecule has 8 nitrogen and oxygen atoms in total. The van der Waals surface area contributed by atoms with Gasteiger partial charge in [-0.3, -0.25) is 10.2 Å². The number of hydrogen-bond donors (Lipinski definition) is 6. The third kappa shape index (κ3) is 15.2. The summed E-state index contributed by atoms with van der Waals surface area (Å²) in [5, 5.41) is 30.3. The van der Waals surface area contributed by atoms with Gasteiger partial charge < -0.3 is 26.6 Å². The lowest BCUT2D eigenvalue weighted by Gasteiger charge is -2.13. The Morgan fingerprint density at radius 1 is 1.15 bits per heavy atom. The van der Waals surface area contributed by atoms with Gasteiger partial charge in [-0.2, -0.15) is 0 Å². The molecule has 0 aliphatic carbocycles. The van der Waals surface area contributed by atoms with Gasteiger partial charge in [-0.15, -0.1) is 0 Å². The molecule has 0 aliphatic heterocycles. The van der Waals surface area contributed by atoms with Crippen LogP contribution in [0, 0.1) is 5.41 Å². The summed E-state index contributed by atoms with van der Waals surface area (Å²) in [5.41, 5.74) is 5.14. The number of unbranched alkanes of at least 4 members (excludes halogenated alkanes) is 3. The minimum Gasteiger partial charge on any atom is -0.480 e. The molecule has 0 spiro atoms. The Balaban J connectivity index is 3.99. The van der Waals surface area contributed by atoms with Crippen LogP contribution in [0.5, 0.6) is 0 Å². The van der Waals surface area contributed by atoms with Crippen LogP contribution in [0.3, 0.4) is 0 Å². The largest absolute Gasteiger partial charge is 0.480 e. The molecule has 0 aromatic heterocycles. The second-order valence-electron chi connectivity index (χ2n) is 6.16. The van der Waals surface area contributed by atoms with Gasteiger partial charge >= 0.3 is 5.97 Å². The molecular weight excluding hydrogens is 336 g/mol. The Kier molecular flexibility index (Phi) is 13.6. The molecule has 0 saturated carbocycles. The number of aliphatic hydroxyl groups excluding tert-OH is 1. The molecule has 1 amide bonds. The highest BCUT2D eigenvalue weighted by Gasteiger charge is 2.18. The van der Waals surface area contributed by atoms with Crippen LogP contribution in [0.2, 0.25) is 0 Å². The van der Waals surface area contributed by atoms with Crippen LogP contribution in [0.15, 0.2) is 24.3 Å². The molecule has 0 aliphatic rings. The van der Waals surface area contributed by atoms with Crippen molar-refractivity contribution in [1.82, 2.24) is 10.6 Å². The number of nitrogens with one attached hydrogen (secondary N) is 3. The summed E-state index contributed by atoms with van der Waals surface area (Å²) >= 11 is 0. The fourth-order valence-electron chi connectivity index (χ4n) is 2.20. The molecule has 0 heterocycles. The first-order valence-corrected chi connectivity index (χ1v) is 8.95. The summed E-state index contributed by atoms with van der Waals surface area (Å²) in [7, 11) is 0. The van der Waals surface area contributed by atoms with Crippen molar-refractivity contribution in [1.29, 1.82) is 5.41 Å². The molecule has 0 aromatic rings. The van der Waals surface area contributed by atoms with E-state index in [-0.39, 0.29) is 18.5 Å². The molecule has 26 heavy (non-hydrogen) atoms. The summed E-state index contributed by atoms with van der Waals surface area (Å²) in [5.74, 6) is -1.72. The Morgan fingerprint density at radius 2 is 1.88 bits per heavy atom. The molecule has 148 valence electrons. The van der Waals surface area contributed by atoms with E-state index in [0.717, 1.165) is 32.1 Å². The molecule has 0 radical (unpaired) electrons. The van der Waals surface area contributed by atoms with Crippen LogP contribution < -0.4 is 16.4 Å². The predicted octanol–water partition coefficient (Wildman–Crippen LogP) is 1.26. The molecule has 2 atom stereocenters. The number of rotatable bonds is 14. The fraction of sp³-hybridized carbons (Fsp3) is 0.611. The smallest absolute Gasteiger partial charge is 0.326 e. The van der Waals surface area contributed by atoms with Gasteiger partial charge in [-0.05, 0) is 39.0 Å². The Labute approximate surface area is 155 Å². The number of aliphatic hydroxyl groups is 1. The third-order valence-electron chi connectivity index (χ3n) is 3.59. The molecule has 7 N–H and O–H groups in total. The molecule has 0 saturated heterocycles. The van der Waals surface area contributed by atoms with Gasteiger partial charge in [0, 0.05) is 12.6 Å². The topological polar surface area (TPSA) is 149 Å². The Morgan fingerprint density at radius 3 is 2.50 bits per heavy atom. The van der Waals surface area contributed by atoms with E-state index >= 15 is 0 Å². The highest BCUT2D eigenvalue weighted by molar-refractivity contribution is 5.91. The zero-order valence-corrected chi connectivity index (χ0v) is 15.4. The van der Waals surface area contributed by atoms with Gasteiger partial charge in [0.25, 0.3) is 0 Å². The summed E-state index contributed by atoms with van der Waals surface area (Å²) in [6.45, 7) is 2.17. The van der Waals surface area contributed by atoms with Gasteiger partial charge in [0.05, 0.1) is 6.10 Å². The molecule has 2 unspecified atom stereocenters. The van der Waals surface area contributed by atoms with E-state index in [1.54, 1.807) is 19.1 Å². The van der Waals surface area contributed by atoms with Crippen LogP contribution in [0.25, 0.3) is 0 Å².